The number of allylic oxidation sites excluding steroid dienone is 2. The van der Waals surface area contributed by atoms with Crippen LogP contribution in [0.25, 0.3) is 0 Å². The minimum atomic E-state index is -0.419. The van der Waals surface area contributed by atoms with Gasteiger partial charge in [0, 0.05) is 24.4 Å². The van der Waals surface area contributed by atoms with Gasteiger partial charge in [-0.15, -0.1) is 0 Å². The second-order valence-corrected chi connectivity index (χ2v) is 13.7. The molecule has 3 N–H and O–H groups in total. The molecule has 8 unspecified atom stereocenters. The number of rotatable bonds is 7. The highest BCUT2D eigenvalue weighted by Crippen LogP contribution is 2.72. The number of carbonyl (C=O) groups is 1. The van der Waals surface area contributed by atoms with Crippen molar-refractivity contribution in [3.63, 3.8) is 0 Å². The van der Waals surface area contributed by atoms with E-state index in [0.717, 1.165) is 44.9 Å². The molecular weight excluding hydrogens is 452 g/mol. The molecule has 4 aliphatic rings. The Hall–Kier alpha value is -1.01. The maximum Gasteiger partial charge on any atom is 0.138 e. The summed E-state index contributed by atoms with van der Waals surface area (Å²) in [7, 11) is 1.80. The van der Waals surface area contributed by atoms with Gasteiger partial charge in [-0.05, 0) is 84.7 Å². The van der Waals surface area contributed by atoms with E-state index in [-0.39, 0.29) is 46.9 Å². The average Bonchev–Trinajstić information content (AvgIpc) is 3.05. The van der Waals surface area contributed by atoms with E-state index in [2.05, 4.69) is 41.5 Å². The van der Waals surface area contributed by atoms with Crippen LogP contribution in [-0.4, -0.2) is 53.6 Å². The normalized spacial score (nSPS) is 42.4. The molecule has 0 bridgehead atoms. The maximum absolute atomic E-state index is 13.0. The molecule has 0 radical (unpaired) electrons. The molecular formula is C31H50O5. The van der Waals surface area contributed by atoms with Gasteiger partial charge in [-0.25, -0.2) is 0 Å². The molecule has 4 rings (SSSR count). The van der Waals surface area contributed by atoms with Crippen molar-refractivity contribution >= 4 is 5.78 Å². The fourth-order valence-corrected chi connectivity index (χ4v) is 9.50. The van der Waals surface area contributed by atoms with E-state index >= 15 is 0 Å². The van der Waals surface area contributed by atoms with E-state index in [9.17, 15) is 20.1 Å². The largest absolute Gasteiger partial charge is 0.392 e. The summed E-state index contributed by atoms with van der Waals surface area (Å²) in [5.41, 5.74) is 2.75. The first-order valence-corrected chi connectivity index (χ1v) is 14.2. The Morgan fingerprint density at radius 1 is 1.08 bits per heavy atom. The maximum atomic E-state index is 13.0. The first kappa shape index (κ1) is 28.0. The lowest BCUT2D eigenvalue weighted by atomic mass is 9.42. The van der Waals surface area contributed by atoms with Gasteiger partial charge in [-0.3, -0.25) is 4.79 Å². The molecule has 2 saturated carbocycles. The van der Waals surface area contributed by atoms with Crippen LogP contribution in [0.4, 0.5) is 0 Å². The van der Waals surface area contributed by atoms with Crippen LogP contribution in [0.3, 0.4) is 0 Å². The number of fused-ring (bicyclic) bond motifs is 4. The van der Waals surface area contributed by atoms with Crippen LogP contribution in [0.2, 0.25) is 0 Å². The van der Waals surface area contributed by atoms with Gasteiger partial charge in [0.1, 0.15) is 5.78 Å². The summed E-state index contributed by atoms with van der Waals surface area (Å²) in [5.74, 6) is 1.45. The predicted molar refractivity (Wildman–Crippen MR) is 142 cm³/mol. The number of carbonyl (C=O) groups excluding carboxylic acids is 1. The molecule has 204 valence electrons. The number of Topliss-reactive ketones (excluding diaryl/α,β-unsaturated/α-hetero) is 1. The molecule has 5 nitrogen and oxygen atoms in total. The molecule has 8 atom stereocenters. The topological polar surface area (TPSA) is 87.0 Å². The number of aliphatic hydroxyl groups is 3. The Balaban J connectivity index is 1.72. The molecule has 0 aromatic heterocycles. The third-order valence-electron chi connectivity index (χ3n) is 12.1. The Labute approximate surface area is 218 Å². The fourth-order valence-electron chi connectivity index (χ4n) is 9.50. The van der Waals surface area contributed by atoms with E-state index < -0.39 is 6.10 Å². The molecule has 0 spiro atoms. The fraction of sp³-hybridized carbons (Fsp3) is 0.839. The van der Waals surface area contributed by atoms with E-state index in [4.69, 9.17) is 4.74 Å². The smallest absolute Gasteiger partial charge is 0.138 e. The third kappa shape index (κ3) is 3.82. The highest BCUT2D eigenvalue weighted by Gasteiger charge is 2.68. The molecule has 4 aliphatic carbocycles. The van der Waals surface area contributed by atoms with Gasteiger partial charge in [0.15, 0.2) is 0 Å². The number of aliphatic hydroxyl groups excluding tert-OH is 3. The van der Waals surface area contributed by atoms with E-state index in [0.29, 0.717) is 29.6 Å². The number of ketones is 1. The third-order valence-corrected chi connectivity index (χ3v) is 12.1. The van der Waals surface area contributed by atoms with Crippen LogP contribution < -0.4 is 0 Å². The van der Waals surface area contributed by atoms with Crippen molar-refractivity contribution in [3.8, 4) is 0 Å². The molecule has 0 aliphatic heterocycles. The Kier molecular flexibility index (Phi) is 7.49. The average molecular weight is 503 g/mol. The van der Waals surface area contributed by atoms with Crippen LogP contribution in [-0.2, 0) is 9.53 Å². The predicted octanol–water partition coefficient (Wildman–Crippen LogP) is 5.23. The Morgan fingerprint density at radius 3 is 2.36 bits per heavy atom. The monoisotopic (exact) mass is 502 g/mol. The van der Waals surface area contributed by atoms with Gasteiger partial charge in [-0.1, -0.05) is 53.2 Å². The van der Waals surface area contributed by atoms with Crippen molar-refractivity contribution in [1.29, 1.82) is 0 Å². The number of ether oxygens (including phenoxy) is 1. The summed E-state index contributed by atoms with van der Waals surface area (Å²) in [4.78, 5) is 13.0. The Morgan fingerprint density at radius 2 is 1.75 bits per heavy atom. The molecule has 0 saturated heterocycles. The molecule has 5 heteroatoms. The zero-order valence-corrected chi connectivity index (χ0v) is 23.7. The van der Waals surface area contributed by atoms with Crippen LogP contribution >= 0.6 is 0 Å². The molecule has 36 heavy (non-hydrogen) atoms. The first-order chi connectivity index (χ1) is 16.8. The zero-order valence-electron chi connectivity index (χ0n) is 23.7. The summed E-state index contributed by atoms with van der Waals surface area (Å²) in [6.45, 7) is 13.5. The van der Waals surface area contributed by atoms with Gasteiger partial charge in [0.2, 0.25) is 0 Å². The van der Waals surface area contributed by atoms with Gasteiger partial charge in [-0.2, -0.15) is 0 Å². The number of hydrogen-bond acceptors (Lipinski definition) is 5. The quantitative estimate of drug-likeness (QED) is 0.415. The summed E-state index contributed by atoms with van der Waals surface area (Å²) >= 11 is 0. The molecule has 2 fully saturated rings. The van der Waals surface area contributed by atoms with E-state index in [1.165, 1.54) is 11.1 Å². The second-order valence-electron chi connectivity index (χ2n) is 13.7. The lowest BCUT2D eigenvalue weighted by Crippen LogP contribution is -2.58. The highest BCUT2D eigenvalue weighted by molar-refractivity contribution is 5.86. The van der Waals surface area contributed by atoms with Crippen molar-refractivity contribution in [2.45, 2.75) is 105 Å². The summed E-state index contributed by atoms with van der Waals surface area (Å²) in [6.07, 6.45) is 8.56. The molecule has 0 aromatic rings. The van der Waals surface area contributed by atoms with Crippen molar-refractivity contribution in [2.24, 2.45) is 39.4 Å². The minimum Gasteiger partial charge on any atom is -0.392 e. The second kappa shape index (κ2) is 9.63. The van der Waals surface area contributed by atoms with Crippen LogP contribution in [0, 0.1) is 39.4 Å². The lowest BCUT2D eigenvalue weighted by Gasteiger charge is -2.62. The van der Waals surface area contributed by atoms with Crippen molar-refractivity contribution in [3.05, 3.63) is 22.8 Å². The highest BCUT2D eigenvalue weighted by atomic mass is 16.5. The number of hydrogen-bond donors (Lipinski definition) is 3. The van der Waals surface area contributed by atoms with E-state index in [1.807, 2.05) is 6.08 Å². The molecule has 0 aromatic carbocycles. The minimum absolute atomic E-state index is 0.0225. The van der Waals surface area contributed by atoms with Crippen molar-refractivity contribution in [1.82, 2.24) is 0 Å². The van der Waals surface area contributed by atoms with Crippen LogP contribution in [0.5, 0.6) is 0 Å². The van der Waals surface area contributed by atoms with E-state index in [1.54, 1.807) is 7.11 Å². The molecule has 0 amide bonds. The summed E-state index contributed by atoms with van der Waals surface area (Å²) < 4.78 is 6.23. The van der Waals surface area contributed by atoms with Crippen LogP contribution in [0.1, 0.15) is 92.9 Å². The molecule has 0 heterocycles. The summed E-state index contributed by atoms with van der Waals surface area (Å²) in [6, 6.07) is 0. The standard InChI is InChI=1S/C31H50O5/c1-19(9-8-10-20(17-32)18-33)22-15-26(35)31(6)27-21(11-14-30(22,31)5)29(4)13-12-25(34)28(2,3)24(29)16-23(27)36-7/h10,19,22-24,26,32-33,35H,8-9,11-18H2,1-7H3. The number of methoxy groups -OCH3 is 1. The van der Waals surface area contributed by atoms with Crippen LogP contribution in [0.15, 0.2) is 22.8 Å². The van der Waals surface area contributed by atoms with Gasteiger partial charge < -0.3 is 20.1 Å². The van der Waals surface area contributed by atoms with Gasteiger partial charge >= 0.3 is 0 Å². The Bertz CT molecular complexity index is 927. The SMILES string of the molecule is COC1CC2C(C)(C)C(=O)CCC2(C)C2=C1C1(C)C(O)CC(C(C)CCC=C(CO)CO)C1(C)CC2. The summed E-state index contributed by atoms with van der Waals surface area (Å²) in [5, 5.41) is 30.6. The first-order valence-electron chi connectivity index (χ1n) is 14.2. The lowest BCUT2D eigenvalue weighted by molar-refractivity contribution is -0.143. The van der Waals surface area contributed by atoms with Gasteiger partial charge in [0.25, 0.3) is 0 Å². The van der Waals surface area contributed by atoms with Gasteiger partial charge in [0.05, 0.1) is 25.4 Å². The van der Waals surface area contributed by atoms with Crippen molar-refractivity contribution in [2.75, 3.05) is 20.3 Å². The van der Waals surface area contributed by atoms with Crippen molar-refractivity contribution < 1.29 is 24.9 Å². The zero-order chi connectivity index (χ0) is 26.7.